The van der Waals surface area contributed by atoms with Gasteiger partial charge in [0.05, 0.1) is 14.2 Å². The molecule has 1 aromatic rings. The van der Waals surface area contributed by atoms with Gasteiger partial charge in [-0.25, -0.2) is 4.79 Å². The minimum Gasteiger partial charge on any atom is -0.496 e. The largest absolute Gasteiger partial charge is 0.496 e. The van der Waals surface area contributed by atoms with Gasteiger partial charge in [-0.15, -0.1) is 0 Å². The molecule has 21 heavy (non-hydrogen) atoms. The molecular formula is C17H22O4. The molecule has 0 aromatic heterocycles. The summed E-state index contributed by atoms with van der Waals surface area (Å²) in [6.07, 6.45) is 4.47. The van der Waals surface area contributed by atoms with Gasteiger partial charge in [0.2, 0.25) is 0 Å². The van der Waals surface area contributed by atoms with Gasteiger partial charge in [0.25, 0.3) is 0 Å². The minimum absolute atomic E-state index is 0.141. The maximum atomic E-state index is 11.9. The molecule has 0 bridgehead atoms. The molecule has 1 N–H and O–H groups in total. The summed E-state index contributed by atoms with van der Waals surface area (Å²) >= 11 is 0. The molecule has 2 aliphatic carbocycles. The first-order valence-corrected chi connectivity index (χ1v) is 7.52. The Morgan fingerprint density at radius 1 is 1.43 bits per heavy atom. The summed E-state index contributed by atoms with van der Waals surface area (Å²) in [4.78, 5) is 11.9. The molecule has 2 fully saturated rings. The number of fused-ring (bicyclic) bond motifs is 1. The topological polar surface area (TPSA) is 55.8 Å². The molecule has 3 atom stereocenters. The van der Waals surface area contributed by atoms with Gasteiger partial charge in [-0.2, -0.15) is 0 Å². The van der Waals surface area contributed by atoms with Crippen molar-refractivity contribution in [3.05, 3.63) is 29.3 Å². The van der Waals surface area contributed by atoms with Gasteiger partial charge >= 0.3 is 5.97 Å². The smallest absolute Gasteiger partial charge is 0.341 e. The lowest BCUT2D eigenvalue weighted by molar-refractivity contribution is 0.0596. The average molecular weight is 290 g/mol. The number of hydrogen-bond donors (Lipinski definition) is 1. The fourth-order valence-electron chi connectivity index (χ4n) is 4.23. The highest BCUT2D eigenvalue weighted by atomic mass is 16.5. The van der Waals surface area contributed by atoms with Crippen molar-refractivity contribution in [2.45, 2.75) is 31.1 Å². The molecule has 0 saturated heterocycles. The molecule has 0 unspecified atom stereocenters. The monoisotopic (exact) mass is 290 g/mol. The van der Waals surface area contributed by atoms with Crippen molar-refractivity contribution in [2.75, 3.05) is 20.8 Å². The lowest BCUT2D eigenvalue weighted by Gasteiger charge is -2.46. The molecule has 1 aromatic carbocycles. The van der Waals surface area contributed by atoms with Crippen LogP contribution in [0.5, 0.6) is 5.75 Å². The highest BCUT2D eigenvalue weighted by Crippen LogP contribution is 2.60. The Morgan fingerprint density at radius 3 is 2.81 bits per heavy atom. The van der Waals surface area contributed by atoms with E-state index >= 15 is 0 Å². The molecule has 0 amide bonds. The van der Waals surface area contributed by atoms with Crippen molar-refractivity contribution in [3.8, 4) is 5.75 Å². The number of aliphatic hydroxyl groups is 1. The third kappa shape index (κ3) is 2.13. The van der Waals surface area contributed by atoms with E-state index in [9.17, 15) is 9.90 Å². The van der Waals surface area contributed by atoms with Crippen molar-refractivity contribution in [3.63, 3.8) is 0 Å². The number of carbonyl (C=O) groups is 1. The van der Waals surface area contributed by atoms with Crippen LogP contribution in [0.25, 0.3) is 0 Å². The van der Waals surface area contributed by atoms with Gasteiger partial charge in [0, 0.05) is 6.61 Å². The first-order valence-electron chi connectivity index (χ1n) is 7.52. The second-order valence-electron chi connectivity index (χ2n) is 6.29. The van der Waals surface area contributed by atoms with Crippen molar-refractivity contribution in [1.82, 2.24) is 0 Å². The molecule has 0 heterocycles. The summed E-state index contributed by atoms with van der Waals surface area (Å²) < 4.78 is 10.1. The second-order valence-corrected chi connectivity index (χ2v) is 6.29. The summed E-state index contributed by atoms with van der Waals surface area (Å²) in [6, 6.07) is 5.85. The highest BCUT2D eigenvalue weighted by Gasteiger charge is 2.54. The Kier molecular flexibility index (Phi) is 3.66. The standard InChI is InChI=1S/C17H22O4/c1-20-15-4-3-12(8-14(15)16(19)21-2)17-6-5-13(17)7-11(9-17)10-18/h3-4,8,11,13,18H,5-7,9-10H2,1-2H3/t11-,13+,17-/m0/s1. The van der Waals surface area contributed by atoms with Crippen LogP contribution in [-0.4, -0.2) is 31.9 Å². The number of rotatable bonds is 4. The lowest BCUT2D eigenvalue weighted by Crippen LogP contribution is -2.40. The predicted octanol–water partition coefficient (Wildman–Crippen LogP) is 2.53. The van der Waals surface area contributed by atoms with E-state index in [4.69, 9.17) is 9.47 Å². The molecule has 0 aliphatic heterocycles. The number of carbonyl (C=O) groups excluding carboxylic acids is 1. The van der Waals surface area contributed by atoms with Crippen LogP contribution in [0.2, 0.25) is 0 Å². The molecule has 3 rings (SSSR count). The van der Waals surface area contributed by atoms with Crippen LogP contribution in [0.4, 0.5) is 0 Å². The van der Waals surface area contributed by atoms with Crippen LogP contribution in [-0.2, 0) is 10.2 Å². The molecule has 4 nitrogen and oxygen atoms in total. The number of ether oxygens (including phenoxy) is 2. The van der Waals surface area contributed by atoms with Gasteiger partial charge < -0.3 is 14.6 Å². The van der Waals surface area contributed by atoms with Crippen LogP contribution in [0.1, 0.15) is 41.6 Å². The van der Waals surface area contributed by atoms with Crippen LogP contribution in [0.3, 0.4) is 0 Å². The number of esters is 1. The van der Waals surface area contributed by atoms with Crippen molar-refractivity contribution >= 4 is 5.97 Å². The third-order valence-electron chi connectivity index (χ3n) is 5.43. The summed E-state index contributed by atoms with van der Waals surface area (Å²) in [5, 5.41) is 9.46. The quantitative estimate of drug-likeness (QED) is 0.866. The van der Waals surface area contributed by atoms with Crippen LogP contribution in [0, 0.1) is 11.8 Å². The van der Waals surface area contributed by atoms with Crippen LogP contribution >= 0.6 is 0 Å². The number of benzene rings is 1. The predicted molar refractivity (Wildman–Crippen MR) is 78.5 cm³/mol. The van der Waals surface area contributed by atoms with Crippen LogP contribution in [0.15, 0.2) is 18.2 Å². The number of methoxy groups -OCH3 is 2. The van der Waals surface area contributed by atoms with E-state index in [1.54, 1.807) is 7.11 Å². The van der Waals surface area contributed by atoms with E-state index < -0.39 is 0 Å². The molecular weight excluding hydrogens is 268 g/mol. The summed E-state index contributed by atoms with van der Waals surface area (Å²) in [7, 11) is 2.94. The SMILES string of the molecule is COC(=O)c1cc([C@@]23CC[C@@H]2C[C@H](CO)C3)ccc1OC. The molecule has 4 heteroatoms. The summed E-state index contributed by atoms with van der Waals surface area (Å²) in [5.74, 6) is 1.21. The van der Waals surface area contributed by atoms with Gasteiger partial charge in [-0.3, -0.25) is 0 Å². The zero-order valence-corrected chi connectivity index (χ0v) is 12.6. The maximum absolute atomic E-state index is 11.9. The van der Waals surface area contributed by atoms with Crippen molar-refractivity contribution < 1.29 is 19.4 Å². The van der Waals surface area contributed by atoms with Gasteiger partial charge in [0.15, 0.2) is 0 Å². The lowest BCUT2D eigenvalue weighted by atomic mass is 9.58. The fraction of sp³-hybridized carbons (Fsp3) is 0.588. The van der Waals surface area contributed by atoms with Gasteiger partial charge in [0.1, 0.15) is 11.3 Å². The fourth-order valence-corrected chi connectivity index (χ4v) is 4.23. The molecule has 2 saturated carbocycles. The number of hydrogen-bond acceptors (Lipinski definition) is 4. The van der Waals surface area contributed by atoms with E-state index in [-0.39, 0.29) is 18.0 Å². The van der Waals surface area contributed by atoms with E-state index in [0.29, 0.717) is 23.1 Å². The van der Waals surface area contributed by atoms with Crippen molar-refractivity contribution in [2.24, 2.45) is 11.8 Å². The molecule has 0 radical (unpaired) electrons. The first kappa shape index (κ1) is 14.4. The number of aliphatic hydroxyl groups excluding tert-OH is 1. The average Bonchev–Trinajstić information content (AvgIpc) is 2.77. The summed E-state index contributed by atoms with van der Waals surface area (Å²) in [5.41, 5.74) is 1.82. The van der Waals surface area contributed by atoms with E-state index in [2.05, 4.69) is 6.07 Å². The minimum atomic E-state index is -0.363. The van der Waals surface area contributed by atoms with E-state index in [0.717, 1.165) is 19.3 Å². The normalized spacial score (nSPS) is 30.4. The van der Waals surface area contributed by atoms with Gasteiger partial charge in [-0.05, 0) is 60.6 Å². The van der Waals surface area contributed by atoms with Gasteiger partial charge in [-0.1, -0.05) is 6.07 Å². The Hall–Kier alpha value is -1.55. The maximum Gasteiger partial charge on any atom is 0.341 e. The molecule has 2 aliphatic rings. The molecule has 0 spiro atoms. The van der Waals surface area contributed by atoms with Crippen LogP contribution < -0.4 is 4.74 Å². The van der Waals surface area contributed by atoms with Crippen molar-refractivity contribution in [1.29, 1.82) is 0 Å². The highest BCUT2D eigenvalue weighted by molar-refractivity contribution is 5.92. The van der Waals surface area contributed by atoms with E-state index in [1.807, 2.05) is 12.1 Å². The second kappa shape index (κ2) is 5.34. The Morgan fingerprint density at radius 2 is 2.24 bits per heavy atom. The Labute approximate surface area is 125 Å². The van der Waals surface area contributed by atoms with E-state index in [1.165, 1.54) is 19.1 Å². The third-order valence-corrected chi connectivity index (χ3v) is 5.43. The Balaban J connectivity index is 1.98. The zero-order valence-electron chi connectivity index (χ0n) is 12.6. The first-order chi connectivity index (χ1) is 10.1. The summed E-state index contributed by atoms with van der Waals surface area (Å²) in [6.45, 7) is 0.262. The molecule has 114 valence electrons. The zero-order chi connectivity index (χ0) is 15.0. The Bertz CT molecular complexity index is 554.